The molecule has 31 heavy (non-hydrogen) atoms. The maximum Gasteiger partial charge on any atom is 0.323 e. The summed E-state index contributed by atoms with van der Waals surface area (Å²) in [6.45, 7) is 5.96. The molecule has 0 saturated carbocycles. The van der Waals surface area contributed by atoms with Gasteiger partial charge in [-0.2, -0.15) is 0 Å². The minimum absolute atomic E-state index is 0.0565. The lowest BCUT2D eigenvalue weighted by atomic mass is 10.2. The fourth-order valence-electron chi connectivity index (χ4n) is 3.80. The van der Waals surface area contributed by atoms with Crippen LogP contribution in [0.5, 0.6) is 0 Å². The minimum atomic E-state index is -0.129. The summed E-state index contributed by atoms with van der Waals surface area (Å²) < 4.78 is 0. The van der Waals surface area contributed by atoms with Crippen molar-refractivity contribution in [2.24, 2.45) is 0 Å². The molecule has 2 aliphatic rings. The summed E-state index contributed by atoms with van der Waals surface area (Å²) in [5.74, 6) is 0.0565. The van der Waals surface area contributed by atoms with Crippen molar-refractivity contribution in [3.8, 4) is 0 Å². The molecule has 4 rings (SSSR count). The van der Waals surface area contributed by atoms with Crippen LogP contribution < -0.4 is 10.2 Å². The second-order valence-corrected chi connectivity index (χ2v) is 9.13. The number of nitrogens with one attached hydrogen (secondary N) is 1. The number of hydrogen-bond acceptors (Lipinski definition) is 6. The number of thiazole rings is 1. The van der Waals surface area contributed by atoms with Crippen LogP contribution in [0.3, 0.4) is 0 Å². The van der Waals surface area contributed by atoms with E-state index < -0.39 is 0 Å². The van der Waals surface area contributed by atoms with E-state index in [4.69, 9.17) is 11.6 Å². The first-order valence-corrected chi connectivity index (χ1v) is 11.7. The highest BCUT2D eigenvalue weighted by Crippen LogP contribution is 2.26. The van der Waals surface area contributed by atoms with Gasteiger partial charge in [0.05, 0.1) is 22.8 Å². The van der Waals surface area contributed by atoms with Crippen LogP contribution in [0.15, 0.2) is 29.6 Å². The predicted octanol–water partition coefficient (Wildman–Crippen LogP) is 2.47. The van der Waals surface area contributed by atoms with Gasteiger partial charge in [0.1, 0.15) is 0 Å². The maximum atomic E-state index is 12.7. The number of halogens is 1. The number of carbonyl (C=O) groups excluding carboxylic acids is 2. The lowest BCUT2D eigenvalue weighted by Gasteiger charge is -2.36. The van der Waals surface area contributed by atoms with E-state index in [0.717, 1.165) is 36.9 Å². The number of benzene rings is 1. The van der Waals surface area contributed by atoms with Crippen molar-refractivity contribution in [2.75, 3.05) is 69.6 Å². The molecule has 2 saturated heterocycles. The molecular formula is C21H27ClN6O2S. The zero-order valence-electron chi connectivity index (χ0n) is 17.6. The highest BCUT2D eigenvalue weighted by atomic mass is 35.5. The van der Waals surface area contributed by atoms with Gasteiger partial charge in [0, 0.05) is 57.7 Å². The Labute approximate surface area is 191 Å². The second kappa shape index (κ2) is 9.84. The molecule has 2 fully saturated rings. The fourth-order valence-corrected chi connectivity index (χ4v) is 4.75. The van der Waals surface area contributed by atoms with E-state index >= 15 is 0 Å². The summed E-state index contributed by atoms with van der Waals surface area (Å²) in [7, 11) is 2.05. The van der Waals surface area contributed by atoms with Gasteiger partial charge in [-0.3, -0.25) is 10.1 Å². The molecule has 2 aromatic rings. The SMILES string of the molecule is CN1CCN(C(=O)Nc2nc(CC(=O)N3CCN(c4ccccc4Cl)CC3)cs2)CC1. The normalized spacial score (nSPS) is 17.7. The van der Waals surface area contributed by atoms with Gasteiger partial charge in [-0.1, -0.05) is 23.7 Å². The molecule has 0 aliphatic carbocycles. The van der Waals surface area contributed by atoms with Crippen LogP contribution in [-0.2, 0) is 11.2 Å². The molecule has 1 aromatic heterocycles. The second-order valence-electron chi connectivity index (χ2n) is 7.86. The summed E-state index contributed by atoms with van der Waals surface area (Å²) in [6.07, 6.45) is 0.243. The molecule has 1 N–H and O–H groups in total. The zero-order chi connectivity index (χ0) is 21.8. The van der Waals surface area contributed by atoms with Gasteiger partial charge in [0.25, 0.3) is 0 Å². The average molecular weight is 463 g/mol. The number of likely N-dealkylation sites (N-methyl/N-ethyl adjacent to an activating group) is 1. The van der Waals surface area contributed by atoms with Crippen LogP contribution >= 0.6 is 22.9 Å². The summed E-state index contributed by atoms with van der Waals surface area (Å²) in [6, 6.07) is 7.66. The molecule has 0 spiro atoms. The van der Waals surface area contributed by atoms with Gasteiger partial charge in [-0.15, -0.1) is 11.3 Å². The van der Waals surface area contributed by atoms with E-state index in [1.165, 1.54) is 11.3 Å². The number of anilines is 2. The van der Waals surface area contributed by atoms with Crippen LogP contribution in [0.2, 0.25) is 5.02 Å². The Bertz CT molecular complexity index is 922. The molecule has 3 heterocycles. The van der Waals surface area contributed by atoms with Gasteiger partial charge in [0.15, 0.2) is 5.13 Å². The molecule has 0 radical (unpaired) electrons. The molecule has 3 amide bonds. The standard InChI is InChI=1S/C21H27ClN6O2S/c1-25-6-8-28(9-7-25)21(30)24-20-23-16(15-31-20)14-19(29)27-12-10-26(11-13-27)18-5-3-2-4-17(18)22/h2-5,15H,6-14H2,1H3,(H,23,24,30). The number of rotatable bonds is 4. The first kappa shape index (κ1) is 21.9. The quantitative estimate of drug-likeness (QED) is 0.755. The van der Waals surface area contributed by atoms with Crippen molar-refractivity contribution >= 4 is 45.7 Å². The molecule has 8 nitrogen and oxygen atoms in total. The average Bonchev–Trinajstić information content (AvgIpc) is 3.21. The van der Waals surface area contributed by atoms with Crippen LogP contribution in [-0.4, -0.2) is 91.0 Å². The van der Waals surface area contributed by atoms with Gasteiger partial charge in [0.2, 0.25) is 5.91 Å². The van der Waals surface area contributed by atoms with Crippen molar-refractivity contribution in [3.05, 3.63) is 40.4 Å². The van der Waals surface area contributed by atoms with E-state index in [9.17, 15) is 9.59 Å². The van der Waals surface area contributed by atoms with Crippen molar-refractivity contribution in [1.82, 2.24) is 19.7 Å². The lowest BCUT2D eigenvalue weighted by molar-refractivity contribution is -0.130. The number of urea groups is 1. The Morgan fingerprint density at radius 3 is 2.42 bits per heavy atom. The molecule has 10 heteroatoms. The van der Waals surface area contributed by atoms with E-state index in [1.807, 2.05) is 34.5 Å². The predicted molar refractivity (Wildman–Crippen MR) is 124 cm³/mol. The highest BCUT2D eigenvalue weighted by Gasteiger charge is 2.24. The first-order chi connectivity index (χ1) is 15.0. The Morgan fingerprint density at radius 1 is 1.03 bits per heavy atom. The topological polar surface area (TPSA) is 72.0 Å². The molecular weight excluding hydrogens is 436 g/mol. The van der Waals surface area contributed by atoms with Crippen molar-refractivity contribution < 1.29 is 9.59 Å². The van der Waals surface area contributed by atoms with Crippen LogP contribution in [0.25, 0.3) is 0 Å². The number of amides is 3. The number of para-hydroxylation sites is 1. The number of aromatic nitrogens is 1. The summed E-state index contributed by atoms with van der Waals surface area (Å²) >= 11 is 7.65. The molecule has 0 atom stereocenters. The highest BCUT2D eigenvalue weighted by molar-refractivity contribution is 7.13. The van der Waals surface area contributed by atoms with Crippen LogP contribution in [0, 0.1) is 0 Å². The Balaban J connectivity index is 1.26. The molecule has 0 bridgehead atoms. The third-order valence-electron chi connectivity index (χ3n) is 5.71. The summed E-state index contributed by atoms with van der Waals surface area (Å²) in [5, 5.41) is 5.98. The number of carbonyl (C=O) groups is 2. The Kier molecular flexibility index (Phi) is 6.94. The third kappa shape index (κ3) is 5.47. The molecule has 166 valence electrons. The molecule has 0 unspecified atom stereocenters. The fraction of sp³-hybridized carbons (Fsp3) is 0.476. The van der Waals surface area contributed by atoms with Gasteiger partial charge in [-0.05, 0) is 19.2 Å². The first-order valence-electron chi connectivity index (χ1n) is 10.5. The van der Waals surface area contributed by atoms with E-state index in [2.05, 4.69) is 27.1 Å². The van der Waals surface area contributed by atoms with Gasteiger partial charge >= 0.3 is 6.03 Å². The van der Waals surface area contributed by atoms with E-state index in [1.54, 1.807) is 4.90 Å². The minimum Gasteiger partial charge on any atom is -0.367 e. The monoisotopic (exact) mass is 462 g/mol. The van der Waals surface area contributed by atoms with Crippen molar-refractivity contribution in [1.29, 1.82) is 0 Å². The smallest absolute Gasteiger partial charge is 0.323 e. The molecule has 2 aliphatic heterocycles. The maximum absolute atomic E-state index is 12.7. The van der Waals surface area contributed by atoms with Crippen molar-refractivity contribution in [2.45, 2.75) is 6.42 Å². The lowest BCUT2D eigenvalue weighted by Crippen LogP contribution is -2.49. The summed E-state index contributed by atoms with van der Waals surface area (Å²) in [4.78, 5) is 37.6. The Morgan fingerprint density at radius 2 is 1.71 bits per heavy atom. The third-order valence-corrected chi connectivity index (χ3v) is 6.84. The van der Waals surface area contributed by atoms with Gasteiger partial charge < -0.3 is 19.6 Å². The Hall–Kier alpha value is -2.36. The van der Waals surface area contributed by atoms with Crippen molar-refractivity contribution in [3.63, 3.8) is 0 Å². The number of nitrogens with zero attached hydrogens (tertiary/aromatic N) is 5. The van der Waals surface area contributed by atoms with Crippen LogP contribution in [0.1, 0.15) is 5.69 Å². The molecule has 1 aromatic carbocycles. The van der Waals surface area contributed by atoms with Crippen LogP contribution in [0.4, 0.5) is 15.6 Å². The van der Waals surface area contributed by atoms with E-state index in [-0.39, 0.29) is 18.4 Å². The van der Waals surface area contributed by atoms with E-state index in [0.29, 0.717) is 37.0 Å². The number of piperazine rings is 2. The number of hydrogen-bond donors (Lipinski definition) is 1. The summed E-state index contributed by atoms with van der Waals surface area (Å²) in [5.41, 5.74) is 1.70. The largest absolute Gasteiger partial charge is 0.367 e. The van der Waals surface area contributed by atoms with Gasteiger partial charge in [-0.25, -0.2) is 9.78 Å². The zero-order valence-corrected chi connectivity index (χ0v) is 19.2.